The number of aryl methyl sites for hydroxylation is 1. The molecular formula is C10H10N2OS. The van der Waals surface area contributed by atoms with Crippen LogP contribution in [0.5, 0.6) is 0 Å². The van der Waals surface area contributed by atoms with Gasteiger partial charge in [-0.15, -0.1) is 10.2 Å². The Labute approximate surface area is 86.5 Å². The van der Waals surface area contributed by atoms with Gasteiger partial charge in [0.2, 0.25) is 5.89 Å². The van der Waals surface area contributed by atoms with E-state index in [0.29, 0.717) is 11.1 Å². The molecule has 1 aromatic carbocycles. The molecule has 4 heteroatoms. The lowest BCUT2D eigenvalue weighted by Crippen LogP contribution is -1.78. The Morgan fingerprint density at radius 2 is 2.14 bits per heavy atom. The Morgan fingerprint density at radius 1 is 1.29 bits per heavy atom. The molecule has 0 aliphatic carbocycles. The molecule has 0 aliphatic rings. The van der Waals surface area contributed by atoms with Crippen LogP contribution in [0.4, 0.5) is 0 Å². The van der Waals surface area contributed by atoms with Crippen molar-refractivity contribution in [2.45, 2.75) is 12.1 Å². The Kier molecular flexibility index (Phi) is 2.54. The molecule has 0 saturated heterocycles. The second-order valence-electron chi connectivity index (χ2n) is 2.95. The third-order valence-electron chi connectivity index (χ3n) is 1.85. The molecule has 0 unspecified atom stereocenters. The Bertz CT molecular complexity index is 439. The van der Waals surface area contributed by atoms with Gasteiger partial charge in [0.15, 0.2) is 0 Å². The zero-order chi connectivity index (χ0) is 9.97. The first-order valence-corrected chi connectivity index (χ1v) is 5.46. The predicted octanol–water partition coefficient (Wildman–Crippen LogP) is 2.77. The lowest BCUT2D eigenvalue weighted by molar-refractivity contribution is 0.466. The van der Waals surface area contributed by atoms with Gasteiger partial charge < -0.3 is 4.42 Å². The summed E-state index contributed by atoms with van der Waals surface area (Å²) < 4.78 is 5.41. The van der Waals surface area contributed by atoms with Crippen LogP contribution in [0.1, 0.15) is 5.56 Å². The highest BCUT2D eigenvalue weighted by Crippen LogP contribution is 2.21. The number of hydrogen-bond acceptors (Lipinski definition) is 4. The summed E-state index contributed by atoms with van der Waals surface area (Å²) >= 11 is 1.45. The number of rotatable bonds is 2. The van der Waals surface area contributed by atoms with Crippen LogP contribution in [-0.2, 0) is 0 Å². The third kappa shape index (κ3) is 1.80. The van der Waals surface area contributed by atoms with Gasteiger partial charge in [0.25, 0.3) is 5.22 Å². The molecule has 0 amide bonds. The van der Waals surface area contributed by atoms with E-state index < -0.39 is 0 Å². The van der Waals surface area contributed by atoms with Gasteiger partial charge in [0.05, 0.1) is 0 Å². The van der Waals surface area contributed by atoms with Gasteiger partial charge in [-0.05, 0) is 25.3 Å². The number of aromatic nitrogens is 2. The number of nitrogens with zero attached hydrogens (tertiary/aromatic N) is 2. The predicted molar refractivity (Wildman–Crippen MR) is 56.3 cm³/mol. The monoisotopic (exact) mass is 206 g/mol. The van der Waals surface area contributed by atoms with Crippen LogP contribution in [0.3, 0.4) is 0 Å². The van der Waals surface area contributed by atoms with Crippen molar-refractivity contribution >= 4 is 11.8 Å². The van der Waals surface area contributed by atoms with Crippen LogP contribution in [0.15, 0.2) is 33.9 Å². The van der Waals surface area contributed by atoms with Crippen LogP contribution in [0.25, 0.3) is 11.5 Å². The van der Waals surface area contributed by atoms with E-state index in [4.69, 9.17) is 4.42 Å². The lowest BCUT2D eigenvalue weighted by atomic mass is 10.1. The lowest BCUT2D eigenvalue weighted by Gasteiger charge is -1.95. The molecule has 1 heterocycles. The summed E-state index contributed by atoms with van der Waals surface area (Å²) in [5.74, 6) is 0.582. The fourth-order valence-corrected chi connectivity index (χ4v) is 1.47. The van der Waals surface area contributed by atoms with E-state index in [1.165, 1.54) is 17.3 Å². The van der Waals surface area contributed by atoms with E-state index in [-0.39, 0.29) is 0 Å². The second kappa shape index (κ2) is 3.84. The highest BCUT2D eigenvalue weighted by molar-refractivity contribution is 7.98. The normalized spacial score (nSPS) is 10.4. The van der Waals surface area contributed by atoms with Crippen molar-refractivity contribution in [3.63, 3.8) is 0 Å². The van der Waals surface area contributed by atoms with Crippen molar-refractivity contribution in [3.05, 3.63) is 29.8 Å². The maximum atomic E-state index is 5.41. The van der Waals surface area contributed by atoms with Crippen molar-refractivity contribution < 1.29 is 4.42 Å². The average molecular weight is 206 g/mol. The summed E-state index contributed by atoms with van der Waals surface area (Å²) in [6.07, 6.45) is 1.91. The zero-order valence-electron chi connectivity index (χ0n) is 8.02. The molecule has 0 saturated carbocycles. The molecule has 3 nitrogen and oxygen atoms in total. The first kappa shape index (κ1) is 9.27. The standard InChI is InChI=1S/C10H10N2OS/c1-7-4-3-5-8(6-7)9-11-12-10(13-9)14-2/h3-6H,1-2H3. The quantitative estimate of drug-likeness (QED) is 0.708. The minimum Gasteiger partial charge on any atom is -0.411 e. The summed E-state index contributed by atoms with van der Waals surface area (Å²) in [5.41, 5.74) is 2.16. The maximum absolute atomic E-state index is 5.41. The van der Waals surface area contributed by atoms with Gasteiger partial charge in [-0.25, -0.2) is 0 Å². The largest absolute Gasteiger partial charge is 0.411 e. The van der Waals surface area contributed by atoms with Crippen molar-refractivity contribution in [1.82, 2.24) is 10.2 Å². The number of thioether (sulfide) groups is 1. The molecule has 2 aromatic rings. The smallest absolute Gasteiger partial charge is 0.276 e. The van der Waals surface area contributed by atoms with E-state index in [2.05, 4.69) is 10.2 Å². The fourth-order valence-electron chi connectivity index (χ4n) is 1.19. The van der Waals surface area contributed by atoms with E-state index in [9.17, 15) is 0 Å². The first-order valence-electron chi connectivity index (χ1n) is 4.24. The van der Waals surface area contributed by atoms with E-state index >= 15 is 0 Å². The van der Waals surface area contributed by atoms with Crippen LogP contribution >= 0.6 is 11.8 Å². The number of benzene rings is 1. The highest BCUT2D eigenvalue weighted by Gasteiger charge is 2.06. The fraction of sp³-hybridized carbons (Fsp3) is 0.200. The van der Waals surface area contributed by atoms with E-state index in [1.807, 2.05) is 37.4 Å². The molecule has 0 atom stereocenters. The summed E-state index contributed by atoms with van der Waals surface area (Å²) in [5, 5.41) is 8.45. The molecule has 0 N–H and O–H groups in total. The Hall–Kier alpha value is -1.29. The van der Waals surface area contributed by atoms with Crippen molar-refractivity contribution in [2.75, 3.05) is 6.26 Å². The Morgan fingerprint density at radius 3 is 2.79 bits per heavy atom. The molecule has 0 fully saturated rings. The molecule has 2 rings (SSSR count). The minimum atomic E-state index is 0.582. The molecule has 0 bridgehead atoms. The first-order chi connectivity index (χ1) is 6.79. The SMILES string of the molecule is CSc1nnc(-c2cccc(C)c2)o1. The van der Waals surface area contributed by atoms with Crippen LogP contribution < -0.4 is 0 Å². The van der Waals surface area contributed by atoms with E-state index in [1.54, 1.807) is 0 Å². The average Bonchev–Trinajstić information content (AvgIpc) is 2.66. The molecule has 0 radical (unpaired) electrons. The van der Waals surface area contributed by atoms with Gasteiger partial charge in [-0.3, -0.25) is 0 Å². The van der Waals surface area contributed by atoms with Crippen LogP contribution in [-0.4, -0.2) is 16.5 Å². The van der Waals surface area contributed by atoms with Crippen molar-refractivity contribution in [1.29, 1.82) is 0 Å². The zero-order valence-corrected chi connectivity index (χ0v) is 8.84. The summed E-state index contributed by atoms with van der Waals surface area (Å²) in [6, 6.07) is 8.01. The van der Waals surface area contributed by atoms with Gasteiger partial charge in [0.1, 0.15) is 0 Å². The molecular weight excluding hydrogens is 196 g/mol. The molecule has 0 spiro atoms. The van der Waals surface area contributed by atoms with E-state index in [0.717, 1.165) is 5.56 Å². The minimum absolute atomic E-state index is 0.582. The van der Waals surface area contributed by atoms with Crippen LogP contribution in [0.2, 0.25) is 0 Å². The molecule has 72 valence electrons. The molecule has 14 heavy (non-hydrogen) atoms. The molecule has 1 aromatic heterocycles. The second-order valence-corrected chi connectivity index (χ2v) is 3.70. The Balaban J connectivity index is 2.39. The summed E-state index contributed by atoms with van der Waals surface area (Å²) in [6.45, 7) is 2.04. The summed E-state index contributed by atoms with van der Waals surface area (Å²) in [4.78, 5) is 0. The van der Waals surface area contributed by atoms with Crippen LogP contribution in [0, 0.1) is 6.92 Å². The van der Waals surface area contributed by atoms with Gasteiger partial charge >= 0.3 is 0 Å². The highest BCUT2D eigenvalue weighted by atomic mass is 32.2. The van der Waals surface area contributed by atoms with Crippen molar-refractivity contribution in [2.24, 2.45) is 0 Å². The van der Waals surface area contributed by atoms with Gasteiger partial charge in [0, 0.05) is 5.56 Å². The van der Waals surface area contributed by atoms with Gasteiger partial charge in [-0.1, -0.05) is 29.5 Å². The maximum Gasteiger partial charge on any atom is 0.276 e. The topological polar surface area (TPSA) is 38.9 Å². The summed E-state index contributed by atoms with van der Waals surface area (Å²) in [7, 11) is 0. The third-order valence-corrected chi connectivity index (χ3v) is 2.36. The molecule has 0 aliphatic heterocycles. The number of hydrogen-bond donors (Lipinski definition) is 0. The van der Waals surface area contributed by atoms with Crippen molar-refractivity contribution in [3.8, 4) is 11.5 Å². The van der Waals surface area contributed by atoms with Gasteiger partial charge in [-0.2, -0.15) is 0 Å².